The van der Waals surface area contributed by atoms with Crippen molar-refractivity contribution in [2.24, 2.45) is 0 Å². The normalized spacial score (nSPS) is 32.5. The first kappa shape index (κ1) is 18.1. The number of hydrogen-bond acceptors (Lipinski definition) is 6. The molecule has 0 radical (unpaired) electrons. The SMILES string of the molecule is C[C@@H]1CN(C(=O)CN2C[C@@H](O)[C@@H](N(C)CC(=O)O)C2)C[C@H](C)O1. The van der Waals surface area contributed by atoms with Crippen LogP contribution >= 0.6 is 0 Å². The number of morpholine rings is 1. The van der Waals surface area contributed by atoms with E-state index in [0.717, 1.165) is 0 Å². The number of likely N-dealkylation sites (N-methyl/N-ethyl adjacent to an activating group) is 1. The average Bonchev–Trinajstić information content (AvgIpc) is 2.77. The largest absolute Gasteiger partial charge is 0.480 e. The van der Waals surface area contributed by atoms with Crippen LogP contribution in [0.5, 0.6) is 0 Å². The molecular formula is C15H27N3O5. The maximum absolute atomic E-state index is 12.4. The molecule has 2 heterocycles. The first-order chi connectivity index (χ1) is 10.8. The van der Waals surface area contributed by atoms with Gasteiger partial charge in [0.1, 0.15) is 0 Å². The van der Waals surface area contributed by atoms with Gasteiger partial charge in [-0.1, -0.05) is 0 Å². The molecule has 0 aromatic heterocycles. The van der Waals surface area contributed by atoms with Crippen LogP contribution in [0.2, 0.25) is 0 Å². The van der Waals surface area contributed by atoms with Crippen LogP contribution in [0.25, 0.3) is 0 Å². The predicted octanol–water partition coefficient (Wildman–Crippen LogP) is -1.32. The molecule has 0 bridgehead atoms. The zero-order valence-corrected chi connectivity index (χ0v) is 14.0. The van der Waals surface area contributed by atoms with Crippen molar-refractivity contribution in [3.8, 4) is 0 Å². The third-order valence-corrected chi connectivity index (χ3v) is 4.42. The highest BCUT2D eigenvalue weighted by Crippen LogP contribution is 2.16. The molecule has 4 atom stereocenters. The number of carboxylic acid groups (broad SMARTS) is 1. The Kier molecular flexibility index (Phi) is 5.96. The summed E-state index contributed by atoms with van der Waals surface area (Å²) in [6.45, 7) is 6.07. The van der Waals surface area contributed by atoms with Crippen molar-refractivity contribution in [1.29, 1.82) is 0 Å². The van der Waals surface area contributed by atoms with Crippen LogP contribution in [0, 0.1) is 0 Å². The third-order valence-electron chi connectivity index (χ3n) is 4.42. The number of amides is 1. The fraction of sp³-hybridized carbons (Fsp3) is 0.867. The van der Waals surface area contributed by atoms with Crippen LogP contribution in [0.3, 0.4) is 0 Å². The van der Waals surface area contributed by atoms with Crippen LogP contribution in [0.15, 0.2) is 0 Å². The molecule has 2 aliphatic rings. The molecule has 0 aromatic carbocycles. The molecule has 2 aliphatic heterocycles. The van der Waals surface area contributed by atoms with E-state index in [1.807, 2.05) is 18.7 Å². The summed E-state index contributed by atoms with van der Waals surface area (Å²) in [5, 5.41) is 19.0. The van der Waals surface area contributed by atoms with E-state index in [9.17, 15) is 14.7 Å². The molecule has 2 rings (SSSR count). The lowest BCUT2D eigenvalue weighted by Crippen LogP contribution is -2.51. The lowest BCUT2D eigenvalue weighted by molar-refractivity contribution is -0.144. The van der Waals surface area contributed by atoms with Crippen LogP contribution < -0.4 is 0 Å². The molecule has 0 unspecified atom stereocenters. The molecule has 2 N–H and O–H groups in total. The number of likely N-dealkylation sites (tertiary alicyclic amines) is 1. The van der Waals surface area contributed by atoms with Crippen molar-refractivity contribution in [2.75, 3.05) is 46.3 Å². The first-order valence-electron chi connectivity index (χ1n) is 8.02. The van der Waals surface area contributed by atoms with E-state index in [0.29, 0.717) is 26.2 Å². The van der Waals surface area contributed by atoms with Crippen LogP contribution in [-0.2, 0) is 14.3 Å². The Morgan fingerprint density at radius 3 is 2.35 bits per heavy atom. The number of β-amino-alcohol motifs (C(OH)–C–C–N with tert-alkyl or cyclic N) is 1. The lowest BCUT2D eigenvalue weighted by atomic mass is 10.2. The van der Waals surface area contributed by atoms with Crippen molar-refractivity contribution >= 4 is 11.9 Å². The lowest BCUT2D eigenvalue weighted by Gasteiger charge is -2.36. The fourth-order valence-corrected chi connectivity index (χ4v) is 3.41. The highest BCUT2D eigenvalue weighted by molar-refractivity contribution is 5.78. The van der Waals surface area contributed by atoms with Crippen molar-refractivity contribution in [3.05, 3.63) is 0 Å². The number of ether oxygens (including phenoxy) is 1. The second-order valence-corrected chi connectivity index (χ2v) is 6.69. The third kappa shape index (κ3) is 4.87. The standard InChI is InChI=1S/C15H27N3O5/c1-10-4-18(5-11(2)23-10)14(20)8-17-6-12(13(19)7-17)16(3)9-15(21)22/h10-13,19H,4-9H2,1-3H3,(H,21,22)/t10-,11+,12-,13+/m0/s1. The van der Waals surface area contributed by atoms with Gasteiger partial charge in [0.15, 0.2) is 0 Å². The molecule has 132 valence electrons. The van der Waals surface area contributed by atoms with Crippen molar-refractivity contribution in [1.82, 2.24) is 14.7 Å². The summed E-state index contributed by atoms with van der Waals surface area (Å²) in [7, 11) is 1.68. The van der Waals surface area contributed by atoms with Crippen molar-refractivity contribution in [2.45, 2.75) is 38.2 Å². The molecule has 0 saturated carbocycles. The Morgan fingerprint density at radius 2 is 1.78 bits per heavy atom. The summed E-state index contributed by atoms with van der Waals surface area (Å²) in [6, 6.07) is -0.263. The van der Waals surface area contributed by atoms with Crippen LogP contribution in [0.4, 0.5) is 0 Å². The Hall–Kier alpha value is -1.22. The summed E-state index contributed by atoms with van der Waals surface area (Å²) in [5.41, 5.74) is 0. The predicted molar refractivity (Wildman–Crippen MR) is 83.1 cm³/mol. The van der Waals surface area contributed by atoms with E-state index in [4.69, 9.17) is 9.84 Å². The summed E-state index contributed by atoms with van der Waals surface area (Å²) in [5.74, 6) is -0.897. The van der Waals surface area contributed by atoms with E-state index < -0.39 is 12.1 Å². The van der Waals surface area contributed by atoms with E-state index in [2.05, 4.69) is 0 Å². The van der Waals surface area contributed by atoms with Crippen LogP contribution in [-0.4, -0.2) is 107 Å². The minimum atomic E-state index is -0.925. The first-order valence-corrected chi connectivity index (χ1v) is 8.02. The number of hydrogen-bond donors (Lipinski definition) is 2. The minimum Gasteiger partial charge on any atom is -0.480 e. The number of carbonyl (C=O) groups is 2. The monoisotopic (exact) mass is 329 g/mol. The van der Waals surface area contributed by atoms with Gasteiger partial charge >= 0.3 is 5.97 Å². The van der Waals surface area contributed by atoms with Gasteiger partial charge in [-0.05, 0) is 20.9 Å². The molecule has 23 heavy (non-hydrogen) atoms. The van der Waals surface area contributed by atoms with E-state index >= 15 is 0 Å². The van der Waals surface area contributed by atoms with Gasteiger partial charge in [0.2, 0.25) is 5.91 Å². The number of carboxylic acids is 1. The van der Waals surface area contributed by atoms with Gasteiger partial charge in [-0.3, -0.25) is 19.4 Å². The molecule has 8 heteroatoms. The maximum atomic E-state index is 12.4. The second-order valence-electron chi connectivity index (χ2n) is 6.69. The van der Waals surface area contributed by atoms with Gasteiger partial charge in [0, 0.05) is 32.2 Å². The number of aliphatic hydroxyl groups excluding tert-OH is 1. The van der Waals surface area contributed by atoms with E-state index in [1.165, 1.54) is 0 Å². The van der Waals surface area contributed by atoms with Crippen molar-refractivity contribution < 1.29 is 24.5 Å². The van der Waals surface area contributed by atoms with Crippen LogP contribution in [0.1, 0.15) is 13.8 Å². The molecule has 1 amide bonds. The molecule has 8 nitrogen and oxygen atoms in total. The molecule has 2 saturated heterocycles. The zero-order valence-electron chi connectivity index (χ0n) is 14.0. The van der Waals surface area contributed by atoms with Gasteiger partial charge in [0.05, 0.1) is 31.4 Å². The Balaban J connectivity index is 1.86. The molecule has 0 aliphatic carbocycles. The summed E-state index contributed by atoms with van der Waals surface area (Å²) >= 11 is 0. The number of aliphatic hydroxyl groups is 1. The highest BCUT2D eigenvalue weighted by Gasteiger charge is 2.36. The minimum absolute atomic E-state index is 0.0285. The zero-order chi connectivity index (χ0) is 17.1. The molecule has 2 fully saturated rings. The number of carbonyl (C=O) groups excluding carboxylic acids is 1. The Labute approximate surface area is 136 Å². The Morgan fingerprint density at radius 1 is 1.17 bits per heavy atom. The second kappa shape index (κ2) is 7.57. The Bertz CT molecular complexity index is 437. The summed E-state index contributed by atoms with van der Waals surface area (Å²) in [4.78, 5) is 28.6. The van der Waals surface area contributed by atoms with E-state index in [1.54, 1.807) is 16.8 Å². The number of nitrogens with zero attached hydrogens (tertiary/aromatic N) is 3. The number of rotatable bonds is 5. The van der Waals surface area contributed by atoms with Crippen molar-refractivity contribution in [3.63, 3.8) is 0 Å². The van der Waals surface area contributed by atoms with Gasteiger partial charge in [-0.25, -0.2) is 0 Å². The number of aliphatic carboxylic acids is 1. The smallest absolute Gasteiger partial charge is 0.317 e. The van der Waals surface area contributed by atoms with Gasteiger partial charge in [0.25, 0.3) is 0 Å². The summed E-state index contributed by atoms with van der Waals surface area (Å²) in [6.07, 6.45) is -0.586. The van der Waals surface area contributed by atoms with E-state index in [-0.39, 0.29) is 37.2 Å². The molecule has 0 aromatic rings. The summed E-state index contributed by atoms with van der Waals surface area (Å²) < 4.78 is 5.63. The molecular weight excluding hydrogens is 302 g/mol. The fourth-order valence-electron chi connectivity index (χ4n) is 3.41. The van der Waals surface area contributed by atoms with Gasteiger partial charge in [-0.2, -0.15) is 0 Å². The highest BCUT2D eigenvalue weighted by atomic mass is 16.5. The molecule has 0 spiro atoms. The maximum Gasteiger partial charge on any atom is 0.317 e. The topological polar surface area (TPSA) is 93.6 Å². The average molecular weight is 329 g/mol. The van der Waals surface area contributed by atoms with Gasteiger partial charge in [-0.15, -0.1) is 0 Å². The van der Waals surface area contributed by atoms with Gasteiger partial charge < -0.3 is 19.8 Å². The quantitative estimate of drug-likeness (QED) is 0.646.